The van der Waals surface area contributed by atoms with Crippen molar-refractivity contribution in [1.82, 2.24) is 5.32 Å². The Morgan fingerprint density at radius 2 is 2.20 bits per heavy atom. The number of hydrogen-bond acceptors (Lipinski definition) is 2. The Morgan fingerprint density at radius 3 is 2.73 bits per heavy atom. The minimum absolute atomic E-state index is 0.0781. The van der Waals surface area contributed by atoms with Crippen LogP contribution in [-0.4, -0.2) is 23.7 Å². The van der Waals surface area contributed by atoms with Gasteiger partial charge in [-0.1, -0.05) is 11.6 Å². The zero-order valence-electron chi connectivity index (χ0n) is 8.75. The second-order valence-electron chi connectivity index (χ2n) is 3.57. The van der Waals surface area contributed by atoms with Gasteiger partial charge in [0.2, 0.25) is 0 Å². The lowest BCUT2D eigenvalue weighted by molar-refractivity contribution is 0.0922. The van der Waals surface area contributed by atoms with Gasteiger partial charge in [0.15, 0.2) is 0 Å². The van der Waals surface area contributed by atoms with Crippen LogP contribution in [0, 0.1) is 6.92 Å². The molecule has 0 bridgehead atoms. The first-order valence-electron chi connectivity index (χ1n) is 4.72. The van der Waals surface area contributed by atoms with Crippen LogP contribution in [0.25, 0.3) is 0 Å². The highest BCUT2D eigenvalue weighted by Crippen LogP contribution is 2.14. The Morgan fingerprint density at radius 1 is 1.53 bits per heavy atom. The maximum absolute atomic E-state index is 11.6. The smallest absolute Gasteiger partial charge is 0.251 e. The number of rotatable bonds is 3. The van der Waals surface area contributed by atoms with Gasteiger partial charge in [0.25, 0.3) is 5.91 Å². The molecule has 1 rings (SSSR count). The summed E-state index contributed by atoms with van der Waals surface area (Å²) in [5, 5.41) is 12.0. The molecule has 1 amide bonds. The fourth-order valence-corrected chi connectivity index (χ4v) is 1.51. The van der Waals surface area contributed by atoms with Crippen molar-refractivity contribution in [1.29, 1.82) is 0 Å². The fourth-order valence-electron chi connectivity index (χ4n) is 1.22. The van der Waals surface area contributed by atoms with Gasteiger partial charge >= 0.3 is 0 Å². The molecule has 0 spiro atoms. The van der Waals surface area contributed by atoms with Crippen molar-refractivity contribution in [2.75, 3.05) is 6.61 Å². The molecule has 0 radical (unpaired) electrons. The standard InChI is InChI=1S/C11H14ClNO2/c1-7-3-9(5-10(12)4-7)11(15)13-8(2)6-14/h3-5,8,14H,6H2,1-2H3,(H,13,15)/t8-/m0/s1. The number of halogens is 1. The number of aliphatic hydroxyl groups is 1. The summed E-state index contributed by atoms with van der Waals surface area (Å²) in [5.74, 6) is -0.220. The van der Waals surface area contributed by atoms with Crippen LogP contribution in [0.15, 0.2) is 18.2 Å². The first-order chi connectivity index (χ1) is 7.02. The number of hydrogen-bond donors (Lipinski definition) is 2. The highest BCUT2D eigenvalue weighted by molar-refractivity contribution is 6.31. The molecule has 4 heteroatoms. The largest absolute Gasteiger partial charge is 0.394 e. The predicted octanol–water partition coefficient (Wildman–Crippen LogP) is 1.76. The number of benzene rings is 1. The van der Waals surface area contributed by atoms with Gasteiger partial charge in [-0.25, -0.2) is 0 Å². The third-order valence-electron chi connectivity index (χ3n) is 1.96. The van der Waals surface area contributed by atoms with Crippen LogP contribution in [0.5, 0.6) is 0 Å². The Kier molecular flexibility index (Phi) is 4.12. The number of carbonyl (C=O) groups is 1. The molecule has 0 saturated heterocycles. The lowest BCUT2D eigenvalue weighted by Crippen LogP contribution is -2.35. The molecule has 0 aliphatic heterocycles. The van der Waals surface area contributed by atoms with Crippen molar-refractivity contribution in [2.45, 2.75) is 19.9 Å². The lowest BCUT2D eigenvalue weighted by atomic mass is 10.1. The predicted molar refractivity (Wildman–Crippen MR) is 60.2 cm³/mol. The molecule has 0 heterocycles. The summed E-state index contributed by atoms with van der Waals surface area (Å²) in [4.78, 5) is 11.6. The van der Waals surface area contributed by atoms with Crippen molar-refractivity contribution in [3.8, 4) is 0 Å². The Balaban J connectivity index is 2.82. The molecule has 2 N–H and O–H groups in total. The van der Waals surface area contributed by atoms with E-state index in [2.05, 4.69) is 5.32 Å². The van der Waals surface area contributed by atoms with Crippen molar-refractivity contribution in [3.63, 3.8) is 0 Å². The van der Waals surface area contributed by atoms with E-state index in [-0.39, 0.29) is 18.6 Å². The summed E-state index contributed by atoms with van der Waals surface area (Å²) < 4.78 is 0. The van der Waals surface area contributed by atoms with Crippen LogP contribution < -0.4 is 5.32 Å². The van der Waals surface area contributed by atoms with Crippen molar-refractivity contribution in [2.24, 2.45) is 0 Å². The number of amides is 1. The molecule has 0 aliphatic rings. The molecule has 82 valence electrons. The zero-order valence-corrected chi connectivity index (χ0v) is 9.51. The van der Waals surface area contributed by atoms with Crippen LogP contribution in [0.3, 0.4) is 0 Å². The van der Waals surface area contributed by atoms with E-state index in [9.17, 15) is 4.79 Å². The van der Waals surface area contributed by atoms with Gasteiger partial charge in [-0.3, -0.25) is 4.79 Å². The molecular formula is C11H14ClNO2. The number of aliphatic hydroxyl groups excluding tert-OH is 1. The molecule has 1 atom stereocenters. The highest BCUT2D eigenvalue weighted by atomic mass is 35.5. The van der Waals surface area contributed by atoms with Gasteiger partial charge < -0.3 is 10.4 Å². The second-order valence-corrected chi connectivity index (χ2v) is 4.01. The topological polar surface area (TPSA) is 49.3 Å². The number of carbonyl (C=O) groups excluding carboxylic acids is 1. The molecule has 3 nitrogen and oxygen atoms in total. The van der Waals surface area contributed by atoms with E-state index in [0.717, 1.165) is 5.56 Å². The highest BCUT2D eigenvalue weighted by Gasteiger charge is 2.09. The number of aryl methyl sites for hydroxylation is 1. The third-order valence-corrected chi connectivity index (χ3v) is 2.17. The fraction of sp³-hybridized carbons (Fsp3) is 0.364. The summed E-state index contributed by atoms with van der Waals surface area (Å²) in [6, 6.07) is 4.89. The van der Waals surface area contributed by atoms with Crippen LogP contribution in [-0.2, 0) is 0 Å². The van der Waals surface area contributed by atoms with Gasteiger partial charge in [-0.2, -0.15) is 0 Å². The summed E-state index contributed by atoms with van der Waals surface area (Å²) in [5.41, 5.74) is 1.45. The number of nitrogens with one attached hydrogen (secondary N) is 1. The average Bonchev–Trinajstić information content (AvgIpc) is 2.16. The quantitative estimate of drug-likeness (QED) is 0.827. The molecule has 15 heavy (non-hydrogen) atoms. The Hall–Kier alpha value is -1.06. The summed E-state index contributed by atoms with van der Waals surface area (Å²) in [6.45, 7) is 3.53. The summed E-state index contributed by atoms with van der Waals surface area (Å²) in [6.07, 6.45) is 0. The van der Waals surface area contributed by atoms with E-state index >= 15 is 0 Å². The summed E-state index contributed by atoms with van der Waals surface area (Å²) in [7, 11) is 0. The maximum atomic E-state index is 11.6. The second kappa shape index (κ2) is 5.14. The van der Waals surface area contributed by atoms with Crippen LogP contribution in [0.2, 0.25) is 5.02 Å². The SMILES string of the molecule is Cc1cc(Cl)cc(C(=O)N[C@@H](C)CO)c1. The van der Waals surface area contributed by atoms with Crippen molar-refractivity contribution >= 4 is 17.5 Å². The van der Waals surface area contributed by atoms with E-state index in [1.165, 1.54) is 0 Å². The van der Waals surface area contributed by atoms with Crippen molar-refractivity contribution < 1.29 is 9.90 Å². The molecule has 0 fully saturated rings. The van der Waals surface area contributed by atoms with Gasteiger partial charge in [0.1, 0.15) is 0 Å². The molecule has 0 saturated carbocycles. The zero-order chi connectivity index (χ0) is 11.4. The average molecular weight is 228 g/mol. The lowest BCUT2D eigenvalue weighted by Gasteiger charge is -2.11. The molecule has 0 aromatic heterocycles. The molecular weight excluding hydrogens is 214 g/mol. The van der Waals surface area contributed by atoms with Gasteiger partial charge in [-0.15, -0.1) is 0 Å². The Bertz CT molecular complexity index is 345. The molecule has 0 aliphatic carbocycles. The van der Waals surface area contributed by atoms with Crippen LogP contribution in [0.1, 0.15) is 22.8 Å². The van der Waals surface area contributed by atoms with E-state index in [1.807, 2.05) is 6.92 Å². The minimum Gasteiger partial charge on any atom is -0.394 e. The summed E-state index contributed by atoms with van der Waals surface area (Å²) >= 11 is 5.84. The van der Waals surface area contributed by atoms with E-state index in [1.54, 1.807) is 25.1 Å². The van der Waals surface area contributed by atoms with E-state index < -0.39 is 0 Å². The van der Waals surface area contributed by atoms with E-state index in [4.69, 9.17) is 16.7 Å². The van der Waals surface area contributed by atoms with E-state index in [0.29, 0.717) is 10.6 Å². The first kappa shape index (κ1) is 12.0. The Labute approximate surface area is 94.1 Å². The van der Waals surface area contributed by atoms with Gasteiger partial charge in [0, 0.05) is 16.6 Å². The van der Waals surface area contributed by atoms with Crippen molar-refractivity contribution in [3.05, 3.63) is 34.3 Å². The molecule has 1 aromatic rings. The minimum atomic E-state index is -0.253. The molecule has 1 aromatic carbocycles. The maximum Gasteiger partial charge on any atom is 0.251 e. The molecule has 0 unspecified atom stereocenters. The van der Waals surface area contributed by atoms with Gasteiger partial charge in [-0.05, 0) is 37.6 Å². The monoisotopic (exact) mass is 227 g/mol. The third kappa shape index (κ3) is 3.53. The normalized spacial score (nSPS) is 12.3. The van der Waals surface area contributed by atoms with Crippen LogP contribution in [0.4, 0.5) is 0 Å². The first-order valence-corrected chi connectivity index (χ1v) is 5.09. The van der Waals surface area contributed by atoms with Crippen LogP contribution >= 0.6 is 11.6 Å². The van der Waals surface area contributed by atoms with Gasteiger partial charge in [0.05, 0.1) is 6.61 Å².